The van der Waals surface area contributed by atoms with Gasteiger partial charge in [0.2, 0.25) is 0 Å². The minimum atomic E-state index is -0.866. The van der Waals surface area contributed by atoms with Gasteiger partial charge in [0.1, 0.15) is 5.67 Å². The topological polar surface area (TPSA) is 12.0 Å². The molecule has 0 radical (unpaired) electrons. The van der Waals surface area contributed by atoms with Gasteiger partial charge >= 0.3 is 0 Å². The van der Waals surface area contributed by atoms with Gasteiger partial charge in [0.05, 0.1) is 0 Å². The lowest BCUT2D eigenvalue weighted by molar-refractivity contribution is 0.171. The second kappa shape index (κ2) is 4.05. The van der Waals surface area contributed by atoms with E-state index in [1.165, 1.54) is 12.8 Å². The predicted molar refractivity (Wildman–Crippen MR) is 45.5 cm³/mol. The second-order valence-electron chi connectivity index (χ2n) is 3.53. The summed E-state index contributed by atoms with van der Waals surface area (Å²) in [5, 5.41) is 3.06. The highest BCUT2D eigenvalue weighted by atomic mass is 19.1. The van der Waals surface area contributed by atoms with Crippen LogP contribution in [0.25, 0.3) is 0 Å². The predicted octanol–water partition coefficient (Wildman–Crippen LogP) is 2.27. The van der Waals surface area contributed by atoms with Crippen LogP contribution in [0.5, 0.6) is 0 Å². The van der Waals surface area contributed by atoms with E-state index >= 15 is 0 Å². The summed E-state index contributed by atoms with van der Waals surface area (Å²) in [6.07, 6.45) is 4.88. The van der Waals surface area contributed by atoms with Crippen LogP contribution in [0.4, 0.5) is 4.39 Å². The molecule has 1 saturated heterocycles. The molecule has 1 nitrogen and oxygen atoms in total. The number of rotatable bonds is 4. The molecule has 0 spiro atoms. The molecule has 0 amide bonds. The summed E-state index contributed by atoms with van der Waals surface area (Å²) in [6, 6.07) is 0. The summed E-state index contributed by atoms with van der Waals surface area (Å²) in [7, 11) is 0. The first-order valence-corrected chi connectivity index (χ1v) is 4.66. The minimum Gasteiger partial charge on any atom is -0.313 e. The lowest BCUT2D eigenvalue weighted by Crippen LogP contribution is -2.25. The normalized spacial score (nSPS) is 31.1. The smallest absolute Gasteiger partial charge is 0.124 e. The van der Waals surface area contributed by atoms with Crippen molar-refractivity contribution in [3.05, 3.63) is 0 Å². The van der Waals surface area contributed by atoms with Crippen LogP contribution in [0.3, 0.4) is 0 Å². The summed E-state index contributed by atoms with van der Waals surface area (Å²) < 4.78 is 13.6. The summed E-state index contributed by atoms with van der Waals surface area (Å²) >= 11 is 0. The average Bonchev–Trinajstić information content (AvgIpc) is 2.38. The average molecular weight is 159 g/mol. The largest absolute Gasteiger partial charge is 0.313 e. The van der Waals surface area contributed by atoms with E-state index in [2.05, 4.69) is 12.2 Å². The maximum Gasteiger partial charge on any atom is 0.124 e. The van der Waals surface area contributed by atoms with E-state index in [0.717, 1.165) is 25.8 Å². The molecule has 0 aliphatic carbocycles. The highest BCUT2D eigenvalue weighted by molar-refractivity contribution is 4.87. The Morgan fingerprint density at radius 3 is 2.82 bits per heavy atom. The van der Waals surface area contributed by atoms with Gasteiger partial charge in [-0.2, -0.15) is 0 Å². The number of alkyl halides is 1. The molecule has 0 saturated carbocycles. The molecule has 2 heteroatoms. The monoisotopic (exact) mass is 159 g/mol. The van der Waals surface area contributed by atoms with E-state index in [-0.39, 0.29) is 0 Å². The van der Waals surface area contributed by atoms with Gasteiger partial charge in [-0.15, -0.1) is 0 Å². The van der Waals surface area contributed by atoms with Crippen LogP contribution in [0.1, 0.15) is 39.0 Å². The van der Waals surface area contributed by atoms with Crippen molar-refractivity contribution in [2.24, 2.45) is 0 Å². The van der Waals surface area contributed by atoms with Crippen molar-refractivity contribution in [2.75, 3.05) is 13.1 Å². The summed E-state index contributed by atoms with van der Waals surface area (Å²) in [4.78, 5) is 0. The quantitative estimate of drug-likeness (QED) is 0.620. The number of halogens is 1. The molecular weight excluding hydrogens is 141 g/mol. The van der Waals surface area contributed by atoms with Gasteiger partial charge in [0, 0.05) is 6.54 Å². The molecule has 1 aliphatic heterocycles. The zero-order valence-corrected chi connectivity index (χ0v) is 7.33. The van der Waals surface area contributed by atoms with Crippen molar-refractivity contribution in [2.45, 2.75) is 44.7 Å². The van der Waals surface area contributed by atoms with E-state index in [1.54, 1.807) is 0 Å². The van der Waals surface area contributed by atoms with E-state index in [4.69, 9.17) is 0 Å². The van der Waals surface area contributed by atoms with Crippen LogP contribution in [-0.2, 0) is 0 Å². The summed E-state index contributed by atoms with van der Waals surface area (Å²) in [6.45, 7) is 3.59. The molecule has 1 rings (SSSR count). The molecule has 1 atom stereocenters. The SMILES string of the molecule is CCCCCC1(F)CCNC1. The van der Waals surface area contributed by atoms with Gasteiger partial charge in [0.25, 0.3) is 0 Å². The lowest BCUT2D eigenvalue weighted by Gasteiger charge is -2.17. The zero-order chi connectivity index (χ0) is 8.16. The first kappa shape index (κ1) is 8.98. The Morgan fingerprint density at radius 2 is 2.27 bits per heavy atom. The lowest BCUT2D eigenvalue weighted by atomic mass is 9.97. The highest BCUT2D eigenvalue weighted by Crippen LogP contribution is 2.26. The van der Waals surface area contributed by atoms with E-state index in [1.807, 2.05) is 0 Å². The Labute approximate surface area is 68.4 Å². The third-order valence-electron chi connectivity index (χ3n) is 2.42. The molecule has 1 aliphatic rings. The highest BCUT2D eigenvalue weighted by Gasteiger charge is 2.32. The third-order valence-corrected chi connectivity index (χ3v) is 2.42. The second-order valence-corrected chi connectivity index (χ2v) is 3.53. The zero-order valence-electron chi connectivity index (χ0n) is 7.33. The van der Waals surface area contributed by atoms with E-state index in [0.29, 0.717) is 6.54 Å². The van der Waals surface area contributed by atoms with Gasteiger partial charge in [-0.1, -0.05) is 26.2 Å². The number of hydrogen-bond acceptors (Lipinski definition) is 1. The van der Waals surface area contributed by atoms with E-state index in [9.17, 15) is 4.39 Å². The van der Waals surface area contributed by atoms with Gasteiger partial charge in [-0.05, 0) is 19.4 Å². The van der Waals surface area contributed by atoms with Crippen LogP contribution in [0.15, 0.2) is 0 Å². The molecule has 0 bridgehead atoms. The Morgan fingerprint density at radius 1 is 1.45 bits per heavy atom. The van der Waals surface area contributed by atoms with Crippen LogP contribution >= 0.6 is 0 Å². The van der Waals surface area contributed by atoms with Gasteiger partial charge in [-0.3, -0.25) is 0 Å². The molecule has 0 aromatic heterocycles. The van der Waals surface area contributed by atoms with Crippen molar-refractivity contribution in [3.63, 3.8) is 0 Å². The van der Waals surface area contributed by atoms with Crippen LogP contribution in [0, 0.1) is 0 Å². The molecule has 1 fully saturated rings. The van der Waals surface area contributed by atoms with Crippen molar-refractivity contribution in [1.82, 2.24) is 5.32 Å². The standard InChI is InChI=1S/C9H18FN/c1-2-3-4-5-9(10)6-7-11-8-9/h11H,2-8H2,1H3. The van der Waals surface area contributed by atoms with Crippen molar-refractivity contribution in [1.29, 1.82) is 0 Å². The Kier molecular flexibility index (Phi) is 3.31. The first-order valence-electron chi connectivity index (χ1n) is 4.66. The van der Waals surface area contributed by atoms with E-state index < -0.39 is 5.67 Å². The molecule has 0 aromatic rings. The summed E-state index contributed by atoms with van der Waals surface area (Å²) in [5.74, 6) is 0. The van der Waals surface area contributed by atoms with Gasteiger partial charge in [-0.25, -0.2) is 4.39 Å². The maximum atomic E-state index is 13.6. The molecule has 66 valence electrons. The van der Waals surface area contributed by atoms with Crippen molar-refractivity contribution >= 4 is 0 Å². The van der Waals surface area contributed by atoms with Crippen LogP contribution < -0.4 is 5.32 Å². The maximum absolute atomic E-state index is 13.6. The Hall–Kier alpha value is -0.110. The molecule has 0 aromatic carbocycles. The molecule has 1 unspecified atom stereocenters. The molecular formula is C9H18FN. The van der Waals surface area contributed by atoms with Gasteiger partial charge < -0.3 is 5.32 Å². The van der Waals surface area contributed by atoms with Gasteiger partial charge in [0.15, 0.2) is 0 Å². The Balaban J connectivity index is 2.13. The molecule has 11 heavy (non-hydrogen) atoms. The van der Waals surface area contributed by atoms with Crippen molar-refractivity contribution < 1.29 is 4.39 Å². The number of unbranched alkanes of at least 4 members (excludes halogenated alkanes) is 2. The Bertz CT molecular complexity index is 108. The molecule has 1 N–H and O–H groups in total. The minimum absolute atomic E-state index is 0.580. The molecule has 1 heterocycles. The van der Waals surface area contributed by atoms with Crippen LogP contribution in [-0.4, -0.2) is 18.8 Å². The number of hydrogen-bond donors (Lipinski definition) is 1. The fourth-order valence-electron chi connectivity index (χ4n) is 1.62. The number of nitrogens with one attached hydrogen (secondary N) is 1. The third kappa shape index (κ3) is 2.78. The van der Waals surface area contributed by atoms with Crippen LogP contribution in [0.2, 0.25) is 0 Å². The fraction of sp³-hybridized carbons (Fsp3) is 1.00. The van der Waals surface area contributed by atoms with Crippen molar-refractivity contribution in [3.8, 4) is 0 Å². The fourth-order valence-corrected chi connectivity index (χ4v) is 1.62. The summed E-state index contributed by atoms with van der Waals surface area (Å²) in [5.41, 5.74) is -0.866. The first-order chi connectivity index (χ1) is 5.27.